The molecular formula is C26H37N3O5S. The van der Waals surface area contributed by atoms with Gasteiger partial charge in [-0.15, -0.1) is 0 Å². The SMILES string of the molecule is CC[C@H](C)NC(=O)[C@H](C)N(Cc1cccc(OC)c1)C(=O)CN(c1ccc(C)c(C)c1)S(C)(=O)=O. The minimum Gasteiger partial charge on any atom is -0.497 e. The van der Waals surface area contributed by atoms with Crippen LogP contribution in [0.5, 0.6) is 5.75 Å². The van der Waals surface area contributed by atoms with Crippen molar-refractivity contribution in [1.82, 2.24) is 10.2 Å². The Morgan fingerprint density at radius 3 is 2.31 bits per heavy atom. The largest absolute Gasteiger partial charge is 0.497 e. The molecule has 0 heterocycles. The predicted octanol–water partition coefficient (Wildman–Crippen LogP) is 3.41. The molecule has 2 atom stereocenters. The zero-order chi connectivity index (χ0) is 26.3. The highest BCUT2D eigenvalue weighted by Crippen LogP contribution is 2.22. The summed E-state index contributed by atoms with van der Waals surface area (Å²) >= 11 is 0. The van der Waals surface area contributed by atoms with E-state index in [2.05, 4.69) is 5.32 Å². The normalized spacial score (nSPS) is 13.0. The summed E-state index contributed by atoms with van der Waals surface area (Å²) in [6.07, 6.45) is 1.82. The number of nitrogens with one attached hydrogen (secondary N) is 1. The maximum Gasteiger partial charge on any atom is 0.244 e. The van der Waals surface area contributed by atoms with E-state index in [0.717, 1.165) is 33.7 Å². The van der Waals surface area contributed by atoms with Crippen LogP contribution in [0.1, 0.15) is 43.9 Å². The van der Waals surface area contributed by atoms with E-state index in [4.69, 9.17) is 4.74 Å². The molecule has 0 aromatic heterocycles. The first-order chi connectivity index (χ1) is 16.4. The monoisotopic (exact) mass is 503 g/mol. The average molecular weight is 504 g/mol. The number of carbonyl (C=O) groups excluding carboxylic acids is 2. The van der Waals surface area contributed by atoms with Crippen LogP contribution < -0.4 is 14.4 Å². The van der Waals surface area contributed by atoms with Gasteiger partial charge in [0.1, 0.15) is 18.3 Å². The van der Waals surface area contributed by atoms with Crippen LogP contribution in [0.4, 0.5) is 5.69 Å². The molecule has 0 aliphatic heterocycles. The number of carbonyl (C=O) groups is 2. The number of sulfonamides is 1. The third kappa shape index (κ3) is 7.71. The van der Waals surface area contributed by atoms with E-state index in [1.165, 1.54) is 4.90 Å². The van der Waals surface area contributed by atoms with Gasteiger partial charge in [0.15, 0.2) is 0 Å². The van der Waals surface area contributed by atoms with Crippen LogP contribution in [-0.2, 0) is 26.2 Å². The number of ether oxygens (including phenoxy) is 1. The molecule has 8 nitrogen and oxygen atoms in total. The highest BCUT2D eigenvalue weighted by molar-refractivity contribution is 7.92. The first kappa shape index (κ1) is 28.2. The van der Waals surface area contributed by atoms with Crippen LogP contribution in [0.2, 0.25) is 0 Å². The molecule has 9 heteroatoms. The van der Waals surface area contributed by atoms with Crippen molar-refractivity contribution in [1.29, 1.82) is 0 Å². The lowest BCUT2D eigenvalue weighted by Crippen LogP contribution is -2.52. The lowest BCUT2D eigenvalue weighted by atomic mass is 10.1. The summed E-state index contributed by atoms with van der Waals surface area (Å²) in [5.74, 6) is -0.157. The van der Waals surface area contributed by atoms with Crippen molar-refractivity contribution in [3.63, 3.8) is 0 Å². The van der Waals surface area contributed by atoms with Gasteiger partial charge in [0, 0.05) is 12.6 Å². The van der Waals surface area contributed by atoms with Crippen LogP contribution >= 0.6 is 0 Å². The molecular weight excluding hydrogens is 466 g/mol. The number of methoxy groups -OCH3 is 1. The van der Waals surface area contributed by atoms with E-state index >= 15 is 0 Å². The lowest BCUT2D eigenvalue weighted by molar-refractivity contribution is -0.139. The molecule has 2 rings (SSSR count). The minimum absolute atomic E-state index is 0.0539. The third-order valence-corrected chi connectivity index (χ3v) is 7.25. The Kier molecular flexibility index (Phi) is 9.71. The Morgan fingerprint density at radius 1 is 1.06 bits per heavy atom. The molecule has 0 fully saturated rings. The van der Waals surface area contributed by atoms with E-state index in [0.29, 0.717) is 11.4 Å². The summed E-state index contributed by atoms with van der Waals surface area (Å²) in [5, 5.41) is 2.91. The van der Waals surface area contributed by atoms with Crippen LogP contribution in [-0.4, -0.2) is 57.1 Å². The topological polar surface area (TPSA) is 96.0 Å². The molecule has 0 bridgehead atoms. The van der Waals surface area contributed by atoms with Gasteiger partial charge >= 0.3 is 0 Å². The predicted molar refractivity (Wildman–Crippen MR) is 139 cm³/mol. The number of nitrogens with zero attached hydrogens (tertiary/aromatic N) is 2. The summed E-state index contributed by atoms with van der Waals surface area (Å²) in [6.45, 7) is 9.02. The van der Waals surface area contributed by atoms with Crippen LogP contribution in [0.25, 0.3) is 0 Å². The van der Waals surface area contributed by atoms with E-state index in [9.17, 15) is 18.0 Å². The van der Waals surface area contributed by atoms with Crippen molar-refractivity contribution in [2.24, 2.45) is 0 Å². The summed E-state index contributed by atoms with van der Waals surface area (Å²) in [4.78, 5) is 27.9. The number of hydrogen-bond acceptors (Lipinski definition) is 5. The molecule has 0 radical (unpaired) electrons. The van der Waals surface area contributed by atoms with Gasteiger partial charge in [-0.3, -0.25) is 13.9 Å². The summed E-state index contributed by atoms with van der Waals surface area (Å²) in [6, 6.07) is 11.6. The van der Waals surface area contributed by atoms with Crippen molar-refractivity contribution in [3.8, 4) is 5.75 Å². The quantitative estimate of drug-likeness (QED) is 0.507. The van der Waals surface area contributed by atoms with E-state index in [1.807, 2.05) is 39.8 Å². The Balaban J connectivity index is 2.42. The number of amides is 2. The van der Waals surface area contributed by atoms with Gasteiger partial charge in [0.05, 0.1) is 19.1 Å². The fraction of sp³-hybridized carbons (Fsp3) is 0.462. The molecule has 1 N–H and O–H groups in total. The average Bonchev–Trinajstić information content (AvgIpc) is 2.81. The van der Waals surface area contributed by atoms with Crippen molar-refractivity contribution in [2.45, 2.75) is 59.7 Å². The highest BCUT2D eigenvalue weighted by Gasteiger charge is 2.30. The fourth-order valence-electron chi connectivity index (χ4n) is 3.51. The number of aryl methyl sites for hydroxylation is 2. The molecule has 0 aliphatic carbocycles. The van der Waals surface area contributed by atoms with Gasteiger partial charge in [-0.25, -0.2) is 8.42 Å². The first-order valence-electron chi connectivity index (χ1n) is 11.6. The van der Waals surface area contributed by atoms with Gasteiger partial charge in [-0.05, 0) is 75.1 Å². The van der Waals surface area contributed by atoms with Crippen molar-refractivity contribution in [3.05, 3.63) is 59.2 Å². The molecule has 0 saturated heterocycles. The van der Waals surface area contributed by atoms with Crippen LogP contribution in [0.15, 0.2) is 42.5 Å². The highest BCUT2D eigenvalue weighted by atomic mass is 32.2. The second-order valence-electron chi connectivity index (χ2n) is 8.91. The molecule has 0 unspecified atom stereocenters. The molecule has 35 heavy (non-hydrogen) atoms. The standard InChI is InChI=1S/C26H37N3O5S/c1-8-20(4)27-26(31)21(5)28(16-22-10-9-11-24(15-22)34-6)25(30)17-29(35(7,32)33)23-13-12-18(2)19(3)14-23/h9-15,20-21H,8,16-17H2,1-7H3,(H,27,31)/t20-,21-/m0/s1. The molecule has 192 valence electrons. The van der Waals surface area contributed by atoms with Gasteiger partial charge in [-0.1, -0.05) is 25.1 Å². The van der Waals surface area contributed by atoms with Gasteiger partial charge in [-0.2, -0.15) is 0 Å². The maximum absolute atomic E-state index is 13.6. The van der Waals surface area contributed by atoms with Gasteiger partial charge < -0.3 is 15.0 Å². The fourth-order valence-corrected chi connectivity index (χ4v) is 4.35. The molecule has 2 aromatic rings. The van der Waals surface area contributed by atoms with Crippen LogP contribution in [0.3, 0.4) is 0 Å². The number of hydrogen-bond donors (Lipinski definition) is 1. The molecule has 0 aliphatic rings. The molecule has 2 amide bonds. The number of rotatable bonds is 11. The Hall–Kier alpha value is -3.07. The van der Waals surface area contributed by atoms with E-state index in [1.54, 1.807) is 44.4 Å². The van der Waals surface area contributed by atoms with Gasteiger partial charge in [0.2, 0.25) is 21.8 Å². The second-order valence-corrected chi connectivity index (χ2v) is 10.8. The zero-order valence-corrected chi connectivity index (χ0v) is 22.5. The Bertz CT molecular complexity index is 1150. The third-order valence-electron chi connectivity index (χ3n) is 6.11. The number of anilines is 1. The molecule has 2 aromatic carbocycles. The Morgan fingerprint density at radius 2 is 1.74 bits per heavy atom. The summed E-state index contributed by atoms with van der Waals surface area (Å²) in [7, 11) is -2.21. The summed E-state index contributed by atoms with van der Waals surface area (Å²) < 4.78 is 31.7. The van der Waals surface area contributed by atoms with Crippen molar-refractivity contribution < 1.29 is 22.7 Å². The summed E-state index contributed by atoms with van der Waals surface area (Å²) in [5.41, 5.74) is 3.10. The Labute approximate surface area is 209 Å². The van der Waals surface area contributed by atoms with E-state index in [-0.39, 0.29) is 18.5 Å². The minimum atomic E-state index is -3.76. The first-order valence-corrected chi connectivity index (χ1v) is 13.5. The number of benzene rings is 2. The van der Waals surface area contributed by atoms with Crippen molar-refractivity contribution >= 4 is 27.5 Å². The lowest BCUT2D eigenvalue weighted by Gasteiger charge is -2.32. The maximum atomic E-state index is 13.6. The smallest absolute Gasteiger partial charge is 0.244 e. The van der Waals surface area contributed by atoms with Crippen molar-refractivity contribution in [2.75, 3.05) is 24.2 Å². The van der Waals surface area contributed by atoms with Crippen LogP contribution in [0, 0.1) is 13.8 Å². The van der Waals surface area contributed by atoms with E-state index < -0.39 is 28.5 Å². The molecule has 0 spiro atoms. The van der Waals surface area contributed by atoms with Gasteiger partial charge in [0.25, 0.3) is 0 Å². The zero-order valence-electron chi connectivity index (χ0n) is 21.7. The molecule has 0 saturated carbocycles. The second kappa shape index (κ2) is 12.1.